The van der Waals surface area contributed by atoms with Gasteiger partial charge in [0, 0.05) is 24.6 Å². The van der Waals surface area contributed by atoms with Crippen molar-refractivity contribution in [1.82, 2.24) is 14.5 Å². The van der Waals surface area contributed by atoms with Gasteiger partial charge in [-0.05, 0) is 86.8 Å². The molecule has 2 saturated carbocycles. The number of anilines is 1. The van der Waals surface area contributed by atoms with Crippen LogP contribution in [0.4, 0.5) is 10.2 Å². The maximum absolute atomic E-state index is 14.9. The van der Waals surface area contributed by atoms with Crippen molar-refractivity contribution in [3.63, 3.8) is 0 Å². The summed E-state index contributed by atoms with van der Waals surface area (Å²) in [7, 11) is 0. The zero-order chi connectivity index (χ0) is 23.1. The molecule has 2 atom stereocenters. The maximum atomic E-state index is 14.9. The number of pyridine rings is 1. The van der Waals surface area contributed by atoms with E-state index in [-0.39, 0.29) is 29.3 Å². The van der Waals surface area contributed by atoms with E-state index in [4.69, 9.17) is 0 Å². The van der Waals surface area contributed by atoms with Crippen molar-refractivity contribution in [2.75, 3.05) is 5.32 Å². The molecule has 6 nitrogen and oxygen atoms in total. The number of hydrogen-bond donors (Lipinski definition) is 1. The Morgan fingerprint density at radius 3 is 2.73 bits per heavy atom. The number of aromatic nitrogens is 3. The number of nitrogens with zero attached hydrogens (tertiary/aromatic N) is 3. The van der Waals surface area contributed by atoms with Gasteiger partial charge in [0.05, 0.1) is 11.8 Å². The molecule has 1 N–H and O–H groups in total. The van der Waals surface area contributed by atoms with Crippen LogP contribution in [0.1, 0.15) is 63.5 Å². The third-order valence-electron chi connectivity index (χ3n) is 6.97. The number of carbonyl (C=O) groups excluding carboxylic acids is 2. The summed E-state index contributed by atoms with van der Waals surface area (Å²) in [5.74, 6) is 0.404. The minimum absolute atomic E-state index is 0.0565. The molecule has 0 spiro atoms. The first-order chi connectivity index (χ1) is 15.9. The number of amides is 1. The third kappa shape index (κ3) is 4.54. The molecule has 7 heteroatoms. The summed E-state index contributed by atoms with van der Waals surface area (Å²) in [6, 6.07) is 5.71. The molecule has 0 unspecified atom stereocenters. The molecule has 1 amide bonds. The Hall–Kier alpha value is -3.09. The molecule has 0 saturated heterocycles. The summed E-state index contributed by atoms with van der Waals surface area (Å²) in [5, 5.41) is 2.96. The summed E-state index contributed by atoms with van der Waals surface area (Å²) in [5.41, 5.74) is 3.68. The van der Waals surface area contributed by atoms with E-state index in [1.165, 1.54) is 6.07 Å². The minimum Gasteiger partial charge on any atom is -0.327 e. The number of ketones is 1. The monoisotopic (exact) mass is 448 g/mol. The highest BCUT2D eigenvalue weighted by molar-refractivity contribution is 5.93. The molecule has 2 aliphatic rings. The number of carbonyl (C=O) groups is 2. The largest absolute Gasteiger partial charge is 0.327 e. The normalized spacial score (nSPS) is 20.7. The van der Waals surface area contributed by atoms with Gasteiger partial charge < -0.3 is 14.7 Å². The van der Waals surface area contributed by atoms with Gasteiger partial charge in [0.25, 0.3) is 0 Å². The second-order valence-corrected chi connectivity index (χ2v) is 9.72. The van der Waals surface area contributed by atoms with Crippen LogP contribution < -0.4 is 5.32 Å². The van der Waals surface area contributed by atoms with E-state index in [0.717, 1.165) is 60.7 Å². The van der Waals surface area contributed by atoms with Gasteiger partial charge in [-0.3, -0.25) is 4.79 Å². The van der Waals surface area contributed by atoms with Crippen LogP contribution in [0.15, 0.2) is 30.7 Å². The van der Waals surface area contributed by atoms with E-state index in [1.807, 2.05) is 19.1 Å². The smallest absolute Gasteiger partial charge is 0.228 e. The van der Waals surface area contributed by atoms with E-state index in [1.54, 1.807) is 19.4 Å². The Bertz CT molecular complexity index is 1230. The fourth-order valence-corrected chi connectivity index (χ4v) is 5.14. The number of aryl methyl sites for hydroxylation is 1. The van der Waals surface area contributed by atoms with Gasteiger partial charge in [0.15, 0.2) is 5.82 Å². The minimum atomic E-state index is -0.345. The molecule has 2 aliphatic carbocycles. The summed E-state index contributed by atoms with van der Waals surface area (Å²) >= 11 is 0. The summed E-state index contributed by atoms with van der Waals surface area (Å²) < 4.78 is 16.9. The van der Waals surface area contributed by atoms with Crippen molar-refractivity contribution >= 4 is 28.5 Å². The molecule has 5 rings (SSSR count). The van der Waals surface area contributed by atoms with Gasteiger partial charge in [-0.15, -0.1) is 0 Å². The second-order valence-electron chi connectivity index (χ2n) is 9.72. The number of nitrogens with one attached hydrogen (secondary N) is 1. The van der Waals surface area contributed by atoms with Gasteiger partial charge >= 0.3 is 0 Å². The number of hydrogen-bond acceptors (Lipinski definition) is 4. The lowest BCUT2D eigenvalue weighted by Gasteiger charge is -2.27. The predicted molar refractivity (Wildman–Crippen MR) is 125 cm³/mol. The molecule has 0 radical (unpaired) electrons. The number of imidazole rings is 1. The van der Waals surface area contributed by atoms with Crippen LogP contribution in [-0.4, -0.2) is 26.2 Å². The second kappa shape index (κ2) is 8.69. The highest BCUT2D eigenvalue weighted by Gasteiger charge is 2.29. The van der Waals surface area contributed by atoms with E-state index in [0.29, 0.717) is 23.8 Å². The fourth-order valence-electron chi connectivity index (χ4n) is 5.14. The van der Waals surface area contributed by atoms with E-state index in [2.05, 4.69) is 19.9 Å². The summed E-state index contributed by atoms with van der Waals surface area (Å²) in [6.07, 6.45) is 9.69. The van der Waals surface area contributed by atoms with Crippen molar-refractivity contribution in [2.24, 2.45) is 11.8 Å². The number of rotatable bonds is 6. The van der Waals surface area contributed by atoms with Crippen LogP contribution in [0.3, 0.4) is 0 Å². The molecule has 2 heterocycles. The Morgan fingerprint density at radius 1 is 1.15 bits per heavy atom. The van der Waals surface area contributed by atoms with E-state index < -0.39 is 0 Å². The van der Waals surface area contributed by atoms with Gasteiger partial charge in [-0.25, -0.2) is 14.4 Å². The van der Waals surface area contributed by atoms with Crippen LogP contribution >= 0.6 is 0 Å². The highest BCUT2D eigenvalue weighted by Crippen LogP contribution is 2.39. The maximum Gasteiger partial charge on any atom is 0.228 e. The van der Waals surface area contributed by atoms with Crippen LogP contribution in [0.25, 0.3) is 22.2 Å². The Kier molecular flexibility index (Phi) is 5.72. The van der Waals surface area contributed by atoms with Crippen LogP contribution in [-0.2, 0) is 9.59 Å². The van der Waals surface area contributed by atoms with Crippen LogP contribution in [0.5, 0.6) is 0 Å². The Morgan fingerprint density at radius 2 is 1.97 bits per heavy atom. The molecular weight excluding hydrogens is 419 g/mol. The average molecular weight is 449 g/mol. The Balaban J connectivity index is 1.39. The van der Waals surface area contributed by atoms with Crippen molar-refractivity contribution in [1.29, 1.82) is 0 Å². The summed E-state index contributed by atoms with van der Waals surface area (Å²) in [4.78, 5) is 33.1. The van der Waals surface area contributed by atoms with Gasteiger partial charge in [-0.1, -0.05) is 6.42 Å². The third-order valence-corrected chi connectivity index (χ3v) is 6.97. The number of Topliss-reactive ketones (excluding diaryl/α,β-unsaturated/α-hetero) is 1. The highest BCUT2D eigenvalue weighted by atomic mass is 19.1. The fraction of sp³-hybridized carbons (Fsp3) is 0.462. The first-order valence-electron chi connectivity index (χ1n) is 11.8. The molecule has 1 aromatic carbocycles. The lowest BCUT2D eigenvalue weighted by atomic mass is 9.79. The molecule has 3 aromatic rings. The molecule has 0 aliphatic heterocycles. The van der Waals surface area contributed by atoms with Crippen LogP contribution in [0.2, 0.25) is 0 Å². The molecular formula is C26H29FN4O2. The predicted octanol–water partition coefficient (Wildman–Crippen LogP) is 5.60. The van der Waals surface area contributed by atoms with Gasteiger partial charge in [0.1, 0.15) is 17.1 Å². The zero-order valence-electron chi connectivity index (χ0n) is 19.1. The molecule has 2 aromatic heterocycles. The molecule has 172 valence electrons. The van der Waals surface area contributed by atoms with Crippen molar-refractivity contribution in [2.45, 2.75) is 64.8 Å². The Labute approximate surface area is 192 Å². The van der Waals surface area contributed by atoms with Crippen molar-refractivity contribution in [3.8, 4) is 11.1 Å². The number of halogens is 1. The van der Waals surface area contributed by atoms with Crippen molar-refractivity contribution in [3.05, 3.63) is 42.1 Å². The zero-order valence-corrected chi connectivity index (χ0v) is 19.1. The number of fused-ring (bicyclic) bond motifs is 1. The average Bonchev–Trinajstić information content (AvgIpc) is 3.53. The summed E-state index contributed by atoms with van der Waals surface area (Å²) in [6.45, 7) is 3.54. The van der Waals surface area contributed by atoms with Crippen LogP contribution in [0, 0.1) is 24.6 Å². The molecule has 33 heavy (non-hydrogen) atoms. The van der Waals surface area contributed by atoms with E-state index in [9.17, 15) is 14.0 Å². The SMILES string of the molecule is CC(=O)C[C@@H]1CCC[C@H](C(=O)Nc2cc(-c3cc(F)c4ncn(C5CC5)c4c3)c(C)cn2)C1. The topological polar surface area (TPSA) is 76.9 Å². The van der Waals surface area contributed by atoms with E-state index >= 15 is 0 Å². The van der Waals surface area contributed by atoms with Gasteiger partial charge in [0.2, 0.25) is 5.91 Å². The van der Waals surface area contributed by atoms with Crippen molar-refractivity contribution < 1.29 is 14.0 Å². The molecule has 0 bridgehead atoms. The number of benzene rings is 1. The standard InChI is InChI=1S/C26H29FN4O2/c1-15-13-28-24(30-26(33)18-5-3-4-17(9-18)8-16(2)32)12-21(15)19-10-22(27)25-23(11-19)31(14-29-25)20-6-7-20/h10-14,17-18,20H,3-9H2,1-2H3,(H,28,30,33)/t17-,18-/m0/s1. The first kappa shape index (κ1) is 21.7. The first-order valence-corrected chi connectivity index (χ1v) is 11.8. The lowest BCUT2D eigenvalue weighted by molar-refractivity contribution is -0.123. The molecule has 2 fully saturated rings. The quantitative estimate of drug-likeness (QED) is 0.532. The van der Waals surface area contributed by atoms with Gasteiger partial charge in [-0.2, -0.15) is 0 Å². The lowest BCUT2D eigenvalue weighted by Crippen LogP contribution is -2.29.